The number of Topliss-reactive ketones (excluding diaryl/α,β-unsaturated/α-hetero) is 1. The molecule has 0 amide bonds. The highest BCUT2D eigenvalue weighted by atomic mass is 16.1. The second kappa shape index (κ2) is 4.31. The predicted octanol–water partition coefficient (Wildman–Crippen LogP) is 2.30. The number of ketones is 1. The molecule has 2 aliphatic carbocycles. The first-order chi connectivity index (χ1) is 9.51. The van der Waals surface area contributed by atoms with Crippen LogP contribution in [0.2, 0.25) is 0 Å². The summed E-state index contributed by atoms with van der Waals surface area (Å²) in [4.78, 5) is 12.4. The van der Waals surface area contributed by atoms with Crippen LogP contribution in [-0.4, -0.2) is 15.6 Å². The average molecular weight is 269 g/mol. The zero-order chi connectivity index (χ0) is 14.5. The summed E-state index contributed by atoms with van der Waals surface area (Å²) in [5.41, 5.74) is 2.34. The number of aryl methyl sites for hydroxylation is 2. The lowest BCUT2D eigenvalue weighted by molar-refractivity contribution is -0.122. The highest BCUT2D eigenvalue weighted by Crippen LogP contribution is 2.49. The minimum absolute atomic E-state index is 0.0249. The van der Waals surface area contributed by atoms with Crippen molar-refractivity contribution in [2.45, 2.75) is 38.5 Å². The molecule has 4 nitrogen and oxygen atoms in total. The number of hydrogen-bond donors (Lipinski definition) is 0. The maximum atomic E-state index is 12.4. The molecule has 0 fully saturated rings. The minimum Gasteiger partial charge on any atom is -0.293 e. The lowest BCUT2D eigenvalue weighted by atomic mass is 9.57. The summed E-state index contributed by atoms with van der Waals surface area (Å²) in [6.45, 7) is 4.17. The van der Waals surface area contributed by atoms with Crippen LogP contribution in [0, 0.1) is 23.2 Å². The molecule has 0 saturated heterocycles. The third kappa shape index (κ3) is 1.59. The number of carbonyl (C=O) groups is 1. The van der Waals surface area contributed by atoms with Crippen molar-refractivity contribution in [2.24, 2.45) is 18.9 Å². The molecule has 0 radical (unpaired) electrons. The van der Waals surface area contributed by atoms with Gasteiger partial charge < -0.3 is 0 Å². The maximum absolute atomic E-state index is 12.4. The van der Waals surface area contributed by atoms with E-state index < -0.39 is 0 Å². The molecule has 0 aromatic carbocycles. The second-order valence-corrected chi connectivity index (χ2v) is 6.15. The molecule has 104 valence electrons. The van der Waals surface area contributed by atoms with E-state index in [1.807, 2.05) is 24.7 Å². The van der Waals surface area contributed by atoms with Gasteiger partial charge in [0.1, 0.15) is 6.07 Å². The van der Waals surface area contributed by atoms with Gasteiger partial charge in [-0.15, -0.1) is 0 Å². The van der Waals surface area contributed by atoms with Crippen molar-refractivity contribution in [2.75, 3.05) is 0 Å². The van der Waals surface area contributed by atoms with Gasteiger partial charge in [-0.3, -0.25) is 9.48 Å². The summed E-state index contributed by atoms with van der Waals surface area (Å²) in [7, 11) is 1.93. The van der Waals surface area contributed by atoms with Crippen molar-refractivity contribution in [3.8, 4) is 6.07 Å². The van der Waals surface area contributed by atoms with Gasteiger partial charge in [0.2, 0.25) is 0 Å². The number of nitrogens with zero attached hydrogens (tertiary/aromatic N) is 3. The zero-order valence-electron chi connectivity index (χ0n) is 12.2. The van der Waals surface area contributed by atoms with Gasteiger partial charge in [-0.25, -0.2) is 0 Å². The topological polar surface area (TPSA) is 58.7 Å². The van der Waals surface area contributed by atoms with E-state index in [0.717, 1.165) is 25.0 Å². The van der Waals surface area contributed by atoms with Crippen molar-refractivity contribution in [1.82, 2.24) is 9.78 Å². The highest BCUT2D eigenvalue weighted by molar-refractivity contribution is 6.02. The molecule has 0 saturated carbocycles. The van der Waals surface area contributed by atoms with Gasteiger partial charge in [0.05, 0.1) is 11.3 Å². The van der Waals surface area contributed by atoms with Crippen LogP contribution in [0.25, 0.3) is 0 Å². The molecule has 0 aliphatic heterocycles. The van der Waals surface area contributed by atoms with Crippen LogP contribution < -0.4 is 0 Å². The van der Waals surface area contributed by atoms with Crippen LogP contribution in [0.1, 0.15) is 37.9 Å². The highest BCUT2D eigenvalue weighted by Gasteiger charge is 2.50. The molecule has 2 aliphatic rings. The summed E-state index contributed by atoms with van der Waals surface area (Å²) in [5, 5.41) is 13.9. The molecular formula is C16H19N3O. The molecule has 1 aromatic rings. The Hall–Kier alpha value is -1.89. The van der Waals surface area contributed by atoms with E-state index in [2.05, 4.69) is 24.3 Å². The standard InChI is InChI=1S/C16H19N3O/c1-4-12-13-6-5-10-9-19(3)18-15(10)16(13,2)7-11(8-17)14(12)20/h7,9,12-13H,4-6H2,1-3H3/t12-,13?,16-/m0/s1. The van der Waals surface area contributed by atoms with E-state index in [0.29, 0.717) is 5.57 Å². The van der Waals surface area contributed by atoms with Gasteiger partial charge in [-0.05, 0) is 30.7 Å². The normalized spacial score (nSPS) is 32.1. The van der Waals surface area contributed by atoms with E-state index in [1.165, 1.54) is 5.56 Å². The Morgan fingerprint density at radius 3 is 3.00 bits per heavy atom. The fourth-order valence-electron chi connectivity index (χ4n) is 4.07. The molecule has 1 unspecified atom stereocenters. The molecule has 3 rings (SSSR count). The first kappa shape index (κ1) is 13.1. The second-order valence-electron chi connectivity index (χ2n) is 6.15. The van der Waals surface area contributed by atoms with Gasteiger partial charge >= 0.3 is 0 Å². The first-order valence-corrected chi connectivity index (χ1v) is 7.21. The molecule has 1 aromatic heterocycles. The average Bonchev–Trinajstić information content (AvgIpc) is 2.81. The fraction of sp³-hybridized carbons (Fsp3) is 0.562. The molecule has 0 N–H and O–H groups in total. The number of hydrogen-bond acceptors (Lipinski definition) is 3. The molecular weight excluding hydrogens is 250 g/mol. The van der Waals surface area contributed by atoms with Crippen LogP contribution in [0.4, 0.5) is 0 Å². The van der Waals surface area contributed by atoms with Crippen molar-refractivity contribution in [1.29, 1.82) is 5.26 Å². The number of nitriles is 1. The van der Waals surface area contributed by atoms with Crippen molar-refractivity contribution < 1.29 is 4.79 Å². The summed E-state index contributed by atoms with van der Waals surface area (Å²) in [5.74, 6) is 0.242. The largest absolute Gasteiger partial charge is 0.293 e. The Bertz CT molecular complexity index is 649. The lowest BCUT2D eigenvalue weighted by Crippen LogP contribution is -2.46. The quantitative estimate of drug-likeness (QED) is 0.786. The summed E-state index contributed by atoms with van der Waals surface area (Å²) in [6, 6.07) is 2.09. The van der Waals surface area contributed by atoms with Crippen LogP contribution in [0.15, 0.2) is 17.8 Å². The Kier molecular flexibility index (Phi) is 2.82. The third-order valence-corrected chi connectivity index (χ3v) is 5.00. The smallest absolute Gasteiger partial charge is 0.176 e. The SMILES string of the molecule is CC[C@@H]1C(=O)C(C#N)=C[C@]2(C)c3nn(C)cc3CCC12. The van der Waals surface area contributed by atoms with Crippen LogP contribution in [-0.2, 0) is 23.7 Å². The minimum atomic E-state index is -0.283. The number of rotatable bonds is 1. The molecule has 3 atom stereocenters. The molecule has 20 heavy (non-hydrogen) atoms. The van der Waals surface area contributed by atoms with Gasteiger partial charge in [-0.1, -0.05) is 19.9 Å². The predicted molar refractivity (Wildman–Crippen MR) is 74.9 cm³/mol. The van der Waals surface area contributed by atoms with E-state index in [9.17, 15) is 10.1 Å². The Morgan fingerprint density at radius 2 is 2.35 bits per heavy atom. The molecule has 4 heteroatoms. The Balaban J connectivity index is 2.22. The van der Waals surface area contributed by atoms with Crippen LogP contribution >= 0.6 is 0 Å². The number of aromatic nitrogens is 2. The lowest BCUT2D eigenvalue weighted by Gasteiger charge is -2.44. The van der Waals surface area contributed by atoms with E-state index in [4.69, 9.17) is 0 Å². The van der Waals surface area contributed by atoms with Crippen molar-refractivity contribution in [3.05, 3.63) is 29.1 Å². The van der Waals surface area contributed by atoms with Crippen LogP contribution in [0.3, 0.4) is 0 Å². The van der Waals surface area contributed by atoms with E-state index in [1.54, 1.807) is 0 Å². The van der Waals surface area contributed by atoms with Gasteiger partial charge in [0, 0.05) is 24.6 Å². The van der Waals surface area contributed by atoms with E-state index >= 15 is 0 Å². The van der Waals surface area contributed by atoms with Gasteiger partial charge in [0.25, 0.3) is 0 Å². The number of allylic oxidation sites excluding steroid dienone is 2. The van der Waals surface area contributed by atoms with Gasteiger partial charge in [0.15, 0.2) is 5.78 Å². The molecule has 1 heterocycles. The maximum Gasteiger partial charge on any atom is 0.176 e. The van der Waals surface area contributed by atoms with Crippen LogP contribution in [0.5, 0.6) is 0 Å². The van der Waals surface area contributed by atoms with Gasteiger partial charge in [-0.2, -0.15) is 10.4 Å². The zero-order valence-corrected chi connectivity index (χ0v) is 12.2. The summed E-state index contributed by atoms with van der Waals surface area (Å²) < 4.78 is 1.84. The number of carbonyl (C=O) groups excluding carboxylic acids is 1. The summed E-state index contributed by atoms with van der Waals surface area (Å²) in [6.07, 6.45) is 6.70. The van der Waals surface area contributed by atoms with Crippen molar-refractivity contribution in [3.63, 3.8) is 0 Å². The summed E-state index contributed by atoms with van der Waals surface area (Å²) >= 11 is 0. The first-order valence-electron chi connectivity index (χ1n) is 7.21. The Morgan fingerprint density at radius 1 is 1.60 bits per heavy atom. The molecule has 0 bridgehead atoms. The monoisotopic (exact) mass is 269 g/mol. The number of fused-ring (bicyclic) bond motifs is 3. The Labute approximate surface area is 119 Å². The van der Waals surface area contributed by atoms with Crippen molar-refractivity contribution >= 4 is 5.78 Å². The fourth-order valence-corrected chi connectivity index (χ4v) is 4.07. The molecule has 0 spiro atoms. The van der Waals surface area contributed by atoms with E-state index in [-0.39, 0.29) is 23.0 Å². The third-order valence-electron chi connectivity index (χ3n) is 5.00.